The predicted octanol–water partition coefficient (Wildman–Crippen LogP) is 9.19. The molecule has 248 valence electrons. The molecule has 0 unspecified atom stereocenters. The van der Waals surface area contributed by atoms with Gasteiger partial charge in [0.25, 0.3) is 0 Å². The predicted molar refractivity (Wildman–Crippen MR) is 191 cm³/mol. The van der Waals surface area contributed by atoms with Crippen LogP contribution in [0, 0.1) is 15.9 Å². The van der Waals surface area contributed by atoms with Gasteiger partial charge in [-0.25, -0.2) is 0 Å². The molecule has 7 nitrogen and oxygen atoms in total. The number of rotatable bonds is 6. The number of aryl methyl sites for hydroxylation is 1. The first-order valence-corrected chi connectivity index (χ1v) is 17.7. The van der Waals surface area contributed by atoms with E-state index < -0.39 is 0 Å². The number of anilines is 2. The Morgan fingerprint density at radius 3 is 2.31 bits per heavy atom. The van der Waals surface area contributed by atoms with E-state index in [0.717, 1.165) is 61.6 Å². The summed E-state index contributed by atoms with van der Waals surface area (Å²) in [5.74, 6) is 2.15. The van der Waals surface area contributed by atoms with Crippen LogP contribution < -0.4 is 9.55 Å². The van der Waals surface area contributed by atoms with E-state index in [0.29, 0.717) is 11.5 Å². The second-order valence-electron chi connectivity index (χ2n) is 14.6. The minimum atomic E-state index is -0.107. The Morgan fingerprint density at radius 2 is 1.58 bits per heavy atom. The first-order valence-electron chi connectivity index (χ1n) is 16.6. The normalized spacial score (nSPS) is 13.2. The van der Waals surface area contributed by atoms with Gasteiger partial charge in [-0.3, -0.25) is 0 Å². The van der Waals surface area contributed by atoms with Gasteiger partial charge < -0.3 is 0 Å². The Bertz CT molecular complexity index is 2220. The van der Waals surface area contributed by atoms with Crippen LogP contribution in [0.3, 0.4) is 0 Å². The van der Waals surface area contributed by atoms with Gasteiger partial charge in [-0.05, 0) is 17.0 Å². The molecule has 0 radical (unpaired) electrons. The zero-order valence-electron chi connectivity index (χ0n) is 28.9. The van der Waals surface area contributed by atoms with Crippen molar-refractivity contribution in [3.63, 3.8) is 0 Å². The summed E-state index contributed by atoms with van der Waals surface area (Å²) in [7, 11) is 2.10. The molecule has 0 aliphatic carbocycles. The number of imidazole rings is 1. The molecule has 48 heavy (non-hydrogen) atoms. The average molecular weight is 816 g/mol. The molecule has 9 heteroatoms. The number of pyridine rings is 1. The first kappa shape index (κ1) is 32.4. The Hall–Kier alpha value is -4.16. The Balaban J connectivity index is 1.37. The Morgan fingerprint density at radius 1 is 0.833 bits per heavy atom. The fourth-order valence-corrected chi connectivity index (χ4v) is 7.31. The van der Waals surface area contributed by atoms with E-state index in [1.807, 2.05) is 18.5 Å². The van der Waals surface area contributed by atoms with Crippen molar-refractivity contribution in [1.29, 1.82) is 0 Å². The molecule has 4 heterocycles. The molecule has 0 atom stereocenters. The Kier molecular flexibility index (Phi) is 8.14. The zero-order chi connectivity index (χ0) is 34.0. The summed E-state index contributed by atoms with van der Waals surface area (Å²) in [6.45, 7) is 15.6. The van der Waals surface area contributed by atoms with Crippen molar-refractivity contribution in [2.45, 2.75) is 72.0 Å². The fourth-order valence-electron chi connectivity index (χ4n) is 6.48. The maximum absolute atomic E-state index is 6.73. The Labute approximate surface area is 294 Å². The first-order chi connectivity index (χ1) is 22.8. The van der Waals surface area contributed by atoms with Crippen LogP contribution >= 0.6 is 0 Å². The van der Waals surface area contributed by atoms with Gasteiger partial charge in [0.05, 0.1) is 0 Å². The molecule has 3 aromatic heterocycles. The zero-order valence-corrected chi connectivity index (χ0v) is 31.2. The van der Waals surface area contributed by atoms with Crippen LogP contribution in [0.2, 0.25) is 6.32 Å². The summed E-state index contributed by atoms with van der Waals surface area (Å²) in [6.07, 6.45) is 5.70. The monoisotopic (exact) mass is 815 g/mol. The molecule has 0 spiro atoms. The minimum Gasteiger partial charge on any atom is -0.193 e. The quantitative estimate of drug-likeness (QED) is 0.124. The third kappa shape index (κ3) is 5.68. The molecule has 0 saturated carbocycles. The number of ether oxygens (including phenoxy) is 1. The van der Waals surface area contributed by atoms with Crippen molar-refractivity contribution in [3.05, 3.63) is 106 Å². The summed E-state index contributed by atoms with van der Waals surface area (Å²) in [4.78, 5) is 7.20. The van der Waals surface area contributed by atoms with E-state index in [-0.39, 0.29) is 17.8 Å². The van der Waals surface area contributed by atoms with E-state index in [2.05, 4.69) is 166 Å². The van der Waals surface area contributed by atoms with E-state index in [1.54, 1.807) is 0 Å². The van der Waals surface area contributed by atoms with Gasteiger partial charge in [-0.1, -0.05) is 34.1 Å². The third-order valence-corrected chi connectivity index (χ3v) is 10.4. The second-order valence-corrected chi connectivity index (χ2v) is 15.6. The van der Waals surface area contributed by atoms with Crippen LogP contribution in [0.15, 0.2) is 79.1 Å². The number of nitrogens with zero attached hydrogens (tertiary/aromatic N) is 6. The second kappa shape index (κ2) is 12.1. The summed E-state index contributed by atoms with van der Waals surface area (Å²) >= 11 is 2.40. The van der Waals surface area contributed by atoms with Gasteiger partial charge in [0.15, 0.2) is 0 Å². The van der Waals surface area contributed by atoms with Crippen molar-refractivity contribution >= 4 is 29.5 Å². The van der Waals surface area contributed by atoms with Crippen molar-refractivity contribution in [3.8, 4) is 28.4 Å². The number of para-hydroxylation sites is 2. The van der Waals surface area contributed by atoms with Crippen LogP contribution in [0.1, 0.15) is 66.0 Å². The molecule has 6 aromatic rings. The maximum atomic E-state index is 6.73. The van der Waals surface area contributed by atoms with Crippen LogP contribution in [-0.2, 0) is 37.2 Å². The summed E-state index contributed by atoms with van der Waals surface area (Å²) in [5.41, 5.74) is 8.53. The molecule has 0 bridgehead atoms. The van der Waals surface area contributed by atoms with Crippen molar-refractivity contribution in [1.82, 2.24) is 23.8 Å². The summed E-state index contributed by atoms with van der Waals surface area (Å²) < 4.78 is 14.4. The van der Waals surface area contributed by atoms with Crippen LogP contribution in [0.4, 0.5) is 11.5 Å². The molecule has 0 saturated heterocycles. The van der Waals surface area contributed by atoms with Crippen molar-refractivity contribution < 1.29 is 24.1 Å². The van der Waals surface area contributed by atoms with Gasteiger partial charge >= 0.3 is 227 Å². The topological polar surface area (TPSA) is 53.0 Å². The van der Waals surface area contributed by atoms with Gasteiger partial charge in [-0.15, -0.1) is 0 Å². The molecule has 1 aliphatic rings. The third-order valence-electron chi connectivity index (χ3n) is 9.14. The molecule has 0 fully saturated rings. The minimum absolute atomic E-state index is 0.0202. The molecular weight excluding hydrogens is 774 g/mol. The van der Waals surface area contributed by atoms with Gasteiger partial charge in [-0.2, -0.15) is 5.10 Å². The number of hydrogen-bond acceptors (Lipinski definition) is 4. The molecule has 0 N–H and O–H groups in total. The van der Waals surface area contributed by atoms with Gasteiger partial charge in [0.1, 0.15) is 0 Å². The van der Waals surface area contributed by atoms with E-state index >= 15 is 0 Å². The van der Waals surface area contributed by atoms with E-state index in [1.165, 1.54) is 5.56 Å². The molecular formula is C39H41BN6OPt-2. The summed E-state index contributed by atoms with van der Waals surface area (Å²) in [6, 6.07) is 30.6. The number of benzene rings is 3. The molecule has 7 rings (SSSR count). The standard InChI is InChI=1S/C39H41BN6O.Pt/c1-9-18-40-45(37-23-27(16-19-41-37)38(2,3)4)36-25-30(14-15-32(36)33-17-20-42-46(33)40)47-31-22-28(39(5,6)7)21-29(24-31)44-26-43(8)34-12-10-11-13-35(34)44;/h10-17,19-23H,9,18H2,1-8H3;/q-2;. The van der Waals surface area contributed by atoms with Gasteiger partial charge in [0.2, 0.25) is 0 Å². The molecule has 3 aromatic carbocycles. The SMILES string of the molecule is CCCB1N(c2cc(C(C)(C)C)ccn2)c2[c-]c(Oc3[c-]c(-n4[c](=[Pt])n(C)c5ccccc54)cc(C(C)(C)C)c3)ccc2-c2ccnn21. The summed E-state index contributed by atoms with van der Waals surface area (Å²) in [5, 5.41) is 4.79. The smallest absolute Gasteiger partial charge is 0.193 e. The van der Waals surface area contributed by atoms with Crippen molar-refractivity contribution in [2.75, 3.05) is 4.81 Å². The van der Waals surface area contributed by atoms with Crippen LogP contribution in [0.5, 0.6) is 11.5 Å². The van der Waals surface area contributed by atoms with Gasteiger partial charge in [0, 0.05) is 12.4 Å². The van der Waals surface area contributed by atoms with E-state index in [9.17, 15) is 0 Å². The fraction of sp³-hybridized carbons (Fsp3) is 0.308. The molecule has 1 aliphatic heterocycles. The van der Waals surface area contributed by atoms with Crippen LogP contribution in [0.25, 0.3) is 28.0 Å². The van der Waals surface area contributed by atoms with E-state index in [4.69, 9.17) is 14.8 Å². The number of fused-ring (bicyclic) bond motifs is 4. The number of hydrogen-bond donors (Lipinski definition) is 0. The van der Waals surface area contributed by atoms with Crippen molar-refractivity contribution in [2.24, 2.45) is 7.05 Å². The average Bonchev–Trinajstić information content (AvgIpc) is 3.63. The number of aromatic nitrogens is 5. The van der Waals surface area contributed by atoms with Crippen LogP contribution in [-0.4, -0.2) is 30.8 Å². The molecule has 0 amide bonds.